The zero-order valence-corrected chi connectivity index (χ0v) is 12.5. The molecule has 0 saturated heterocycles. The van der Waals surface area contributed by atoms with Crippen molar-refractivity contribution in [3.8, 4) is 0 Å². The summed E-state index contributed by atoms with van der Waals surface area (Å²) >= 11 is 0. The Bertz CT molecular complexity index is 553. The minimum absolute atomic E-state index is 0.0401. The standard InChI is InChI=1S/C15H18N2OSi/c1-19(2,3)17(13-9-5-4-6-10-13)16-14-11-7-8-12-15(14)18/h4-12H,1-3H3. The summed E-state index contributed by atoms with van der Waals surface area (Å²) < 4.78 is 2.02. The smallest absolute Gasteiger partial charge is 0.205 e. The fourth-order valence-electron chi connectivity index (χ4n) is 1.81. The van der Waals surface area contributed by atoms with Gasteiger partial charge in [-0.1, -0.05) is 30.4 Å². The van der Waals surface area contributed by atoms with Crippen LogP contribution in [0.5, 0.6) is 0 Å². The molecule has 1 aromatic carbocycles. The molecule has 2 rings (SSSR count). The van der Waals surface area contributed by atoms with E-state index in [0.717, 1.165) is 5.69 Å². The monoisotopic (exact) mass is 270 g/mol. The molecule has 19 heavy (non-hydrogen) atoms. The van der Waals surface area contributed by atoms with E-state index in [9.17, 15) is 4.79 Å². The molecule has 0 bridgehead atoms. The second-order valence-corrected chi connectivity index (χ2v) is 10.2. The molecular weight excluding hydrogens is 252 g/mol. The van der Waals surface area contributed by atoms with Gasteiger partial charge < -0.3 is 0 Å². The first-order valence-corrected chi connectivity index (χ1v) is 9.76. The third kappa shape index (κ3) is 3.29. The number of hydrogen-bond donors (Lipinski definition) is 0. The van der Waals surface area contributed by atoms with Crippen LogP contribution in [-0.4, -0.2) is 19.7 Å². The van der Waals surface area contributed by atoms with E-state index in [0.29, 0.717) is 5.71 Å². The minimum atomic E-state index is -1.71. The fourth-order valence-corrected chi connectivity index (χ4v) is 3.14. The number of allylic oxidation sites excluding steroid dienone is 4. The maximum Gasteiger partial charge on any atom is 0.205 e. The van der Waals surface area contributed by atoms with Crippen molar-refractivity contribution in [2.24, 2.45) is 5.10 Å². The van der Waals surface area contributed by atoms with Crippen molar-refractivity contribution in [3.05, 3.63) is 54.6 Å². The molecule has 0 aliphatic heterocycles. The van der Waals surface area contributed by atoms with Gasteiger partial charge in [0.15, 0.2) is 8.24 Å². The van der Waals surface area contributed by atoms with Gasteiger partial charge in [-0.15, -0.1) is 0 Å². The maximum absolute atomic E-state index is 11.8. The Hall–Kier alpha value is -1.94. The number of nitrogens with zero attached hydrogens (tertiary/aromatic N) is 2. The Kier molecular flexibility index (Phi) is 3.81. The van der Waals surface area contributed by atoms with E-state index in [4.69, 9.17) is 0 Å². The highest BCUT2D eigenvalue weighted by molar-refractivity contribution is 6.79. The van der Waals surface area contributed by atoms with Crippen molar-refractivity contribution in [2.45, 2.75) is 19.6 Å². The number of hydrazone groups is 1. The summed E-state index contributed by atoms with van der Waals surface area (Å²) in [6.45, 7) is 6.62. The topological polar surface area (TPSA) is 32.7 Å². The Balaban J connectivity index is 2.41. The summed E-state index contributed by atoms with van der Waals surface area (Å²) in [6, 6.07) is 10.00. The third-order valence-electron chi connectivity index (χ3n) is 2.71. The highest BCUT2D eigenvalue weighted by Gasteiger charge is 2.25. The molecule has 1 aliphatic carbocycles. The van der Waals surface area contributed by atoms with Crippen molar-refractivity contribution in [1.82, 2.24) is 0 Å². The molecule has 1 aliphatic rings. The average molecular weight is 270 g/mol. The summed E-state index contributed by atoms with van der Waals surface area (Å²) in [5.41, 5.74) is 1.53. The van der Waals surface area contributed by atoms with Crippen LogP contribution in [0.2, 0.25) is 19.6 Å². The predicted molar refractivity (Wildman–Crippen MR) is 83.0 cm³/mol. The zero-order chi connectivity index (χ0) is 13.9. The highest BCUT2D eigenvalue weighted by Crippen LogP contribution is 2.22. The number of hydrogen-bond acceptors (Lipinski definition) is 3. The largest absolute Gasteiger partial charge is 0.294 e. The molecule has 0 fully saturated rings. The lowest BCUT2D eigenvalue weighted by Gasteiger charge is -2.32. The van der Waals surface area contributed by atoms with Crippen LogP contribution >= 0.6 is 0 Å². The number of rotatable bonds is 3. The number of carbonyl (C=O) groups excluding carboxylic acids is 1. The van der Waals surface area contributed by atoms with Gasteiger partial charge in [0.05, 0.1) is 0 Å². The van der Waals surface area contributed by atoms with Crippen LogP contribution in [0.15, 0.2) is 59.7 Å². The van der Waals surface area contributed by atoms with Gasteiger partial charge in [-0.25, -0.2) is 0 Å². The van der Waals surface area contributed by atoms with Gasteiger partial charge in [0.2, 0.25) is 5.78 Å². The predicted octanol–water partition coefficient (Wildman–Crippen LogP) is 3.38. The van der Waals surface area contributed by atoms with Crippen LogP contribution in [0.4, 0.5) is 5.69 Å². The SMILES string of the molecule is C[Si](C)(C)N(N=C1C=CC=CC1=O)c1ccccc1. The summed E-state index contributed by atoms with van der Waals surface area (Å²) in [7, 11) is -1.71. The molecular formula is C15H18N2OSi. The summed E-state index contributed by atoms with van der Waals surface area (Å²) in [5, 5.41) is 4.58. The second-order valence-electron chi connectivity index (χ2n) is 5.39. The number of benzene rings is 1. The van der Waals surface area contributed by atoms with Crippen molar-refractivity contribution >= 4 is 25.4 Å². The number of anilines is 1. The maximum atomic E-state index is 11.8. The third-order valence-corrected chi connectivity index (χ3v) is 4.34. The van der Waals surface area contributed by atoms with Gasteiger partial charge in [0.1, 0.15) is 5.71 Å². The van der Waals surface area contributed by atoms with Crippen LogP contribution in [-0.2, 0) is 4.79 Å². The number of ketones is 1. The molecule has 0 aromatic heterocycles. The molecule has 4 heteroatoms. The van der Waals surface area contributed by atoms with E-state index in [1.165, 1.54) is 0 Å². The van der Waals surface area contributed by atoms with E-state index >= 15 is 0 Å². The van der Waals surface area contributed by atoms with Crippen molar-refractivity contribution in [2.75, 3.05) is 4.67 Å². The van der Waals surface area contributed by atoms with E-state index in [1.807, 2.05) is 41.1 Å². The first-order valence-electron chi connectivity index (χ1n) is 6.31. The molecule has 0 radical (unpaired) electrons. The number of carbonyl (C=O) groups is 1. The van der Waals surface area contributed by atoms with Crippen molar-refractivity contribution < 1.29 is 4.79 Å². The normalized spacial score (nSPS) is 17.0. The minimum Gasteiger partial charge on any atom is -0.294 e. The molecule has 1 aromatic rings. The van der Waals surface area contributed by atoms with Crippen LogP contribution in [0.3, 0.4) is 0 Å². The Labute approximate surface area is 115 Å². The Morgan fingerprint density at radius 1 is 1.00 bits per heavy atom. The summed E-state index contributed by atoms with van der Waals surface area (Å²) in [6.07, 6.45) is 6.89. The molecule has 0 heterocycles. The Morgan fingerprint density at radius 2 is 1.63 bits per heavy atom. The van der Waals surface area contributed by atoms with Crippen molar-refractivity contribution in [3.63, 3.8) is 0 Å². The van der Waals surface area contributed by atoms with Gasteiger partial charge in [0, 0.05) is 5.69 Å². The molecule has 0 unspecified atom stereocenters. The summed E-state index contributed by atoms with van der Waals surface area (Å²) in [5.74, 6) is -0.0401. The zero-order valence-electron chi connectivity index (χ0n) is 11.5. The lowest BCUT2D eigenvalue weighted by atomic mass is 10.1. The van der Waals surface area contributed by atoms with Crippen LogP contribution in [0.25, 0.3) is 0 Å². The van der Waals surface area contributed by atoms with E-state index in [2.05, 4.69) is 24.7 Å². The molecule has 0 N–H and O–H groups in total. The van der Waals surface area contributed by atoms with Crippen LogP contribution in [0.1, 0.15) is 0 Å². The van der Waals surface area contributed by atoms with Gasteiger partial charge in [-0.05, 0) is 43.9 Å². The summed E-state index contributed by atoms with van der Waals surface area (Å²) in [4.78, 5) is 11.8. The lowest BCUT2D eigenvalue weighted by Crippen LogP contribution is -2.43. The molecule has 0 amide bonds. The number of para-hydroxylation sites is 1. The first-order chi connectivity index (χ1) is 8.98. The Morgan fingerprint density at radius 3 is 2.21 bits per heavy atom. The lowest BCUT2D eigenvalue weighted by molar-refractivity contribution is -0.108. The van der Waals surface area contributed by atoms with Crippen molar-refractivity contribution in [1.29, 1.82) is 0 Å². The second kappa shape index (κ2) is 5.36. The van der Waals surface area contributed by atoms with Gasteiger partial charge in [-0.3, -0.25) is 9.47 Å². The molecule has 98 valence electrons. The van der Waals surface area contributed by atoms with Gasteiger partial charge in [-0.2, -0.15) is 5.10 Å². The molecule has 0 atom stereocenters. The fraction of sp³-hybridized carbons (Fsp3) is 0.200. The van der Waals surface area contributed by atoms with E-state index in [-0.39, 0.29) is 5.78 Å². The van der Waals surface area contributed by atoms with E-state index < -0.39 is 8.24 Å². The van der Waals surface area contributed by atoms with Crippen LogP contribution < -0.4 is 4.67 Å². The van der Waals surface area contributed by atoms with Gasteiger partial charge in [0.25, 0.3) is 0 Å². The van der Waals surface area contributed by atoms with E-state index in [1.54, 1.807) is 18.2 Å². The molecule has 3 nitrogen and oxygen atoms in total. The first kappa shape index (κ1) is 13.5. The highest BCUT2D eigenvalue weighted by atomic mass is 28.3. The van der Waals surface area contributed by atoms with Crippen LogP contribution in [0, 0.1) is 0 Å². The quantitative estimate of drug-likeness (QED) is 0.479. The molecule has 0 saturated carbocycles. The molecule has 0 spiro atoms. The average Bonchev–Trinajstić information content (AvgIpc) is 2.37. The van der Waals surface area contributed by atoms with Gasteiger partial charge >= 0.3 is 0 Å².